The standard InChI is InChI=1S/C25H29FN4O2/c1-28(16-19-15-27-30(17-19)22-7-5-8-23(14-22)32-2)21-10-11-25(31)29(13-12-21)18-20-6-3-4-9-24(20)26/h3-9,14-15,17,21H,10-13,16,18H2,1-2H3. The molecule has 168 valence electrons. The minimum Gasteiger partial charge on any atom is -0.497 e. The average molecular weight is 437 g/mol. The molecule has 7 heteroatoms. The Bertz CT molecular complexity index is 1070. The Morgan fingerprint density at radius 3 is 2.84 bits per heavy atom. The van der Waals surface area contributed by atoms with Crippen LogP contribution in [0.3, 0.4) is 0 Å². The summed E-state index contributed by atoms with van der Waals surface area (Å²) in [6.07, 6.45) is 6.04. The maximum Gasteiger partial charge on any atom is 0.222 e. The average Bonchev–Trinajstić information content (AvgIpc) is 3.19. The molecule has 0 spiro atoms. The summed E-state index contributed by atoms with van der Waals surface area (Å²) in [4.78, 5) is 16.7. The van der Waals surface area contributed by atoms with Crippen LogP contribution in [0, 0.1) is 5.82 Å². The lowest BCUT2D eigenvalue weighted by Gasteiger charge is -2.26. The predicted molar refractivity (Wildman–Crippen MR) is 121 cm³/mol. The van der Waals surface area contributed by atoms with Gasteiger partial charge in [0.05, 0.1) is 19.0 Å². The molecule has 1 fully saturated rings. The van der Waals surface area contributed by atoms with Crippen LogP contribution in [0.4, 0.5) is 4.39 Å². The van der Waals surface area contributed by atoms with Gasteiger partial charge in [-0.05, 0) is 38.1 Å². The smallest absolute Gasteiger partial charge is 0.222 e. The number of rotatable bonds is 7. The van der Waals surface area contributed by atoms with E-state index in [4.69, 9.17) is 4.74 Å². The van der Waals surface area contributed by atoms with E-state index in [1.54, 1.807) is 24.1 Å². The highest BCUT2D eigenvalue weighted by Gasteiger charge is 2.25. The number of hydrogen-bond acceptors (Lipinski definition) is 4. The normalized spacial score (nSPS) is 16.9. The minimum atomic E-state index is -0.258. The number of aromatic nitrogens is 2. The number of nitrogens with zero attached hydrogens (tertiary/aromatic N) is 4. The fourth-order valence-electron chi connectivity index (χ4n) is 4.22. The predicted octanol–water partition coefficient (Wildman–Crippen LogP) is 4.03. The molecule has 0 saturated carbocycles. The van der Waals surface area contributed by atoms with Gasteiger partial charge in [0.1, 0.15) is 11.6 Å². The summed E-state index contributed by atoms with van der Waals surface area (Å²) in [6.45, 7) is 1.70. The molecule has 1 atom stereocenters. The van der Waals surface area contributed by atoms with Crippen LogP contribution >= 0.6 is 0 Å². The van der Waals surface area contributed by atoms with E-state index in [1.807, 2.05) is 47.4 Å². The van der Waals surface area contributed by atoms with Crippen LogP contribution in [0.5, 0.6) is 5.75 Å². The van der Waals surface area contributed by atoms with Gasteiger partial charge in [0.2, 0.25) is 5.91 Å². The van der Waals surface area contributed by atoms with Crippen LogP contribution in [0.15, 0.2) is 60.9 Å². The summed E-state index contributed by atoms with van der Waals surface area (Å²) in [6, 6.07) is 14.7. The maximum atomic E-state index is 14.0. The lowest BCUT2D eigenvalue weighted by molar-refractivity contribution is -0.131. The maximum absolute atomic E-state index is 14.0. The molecule has 1 aliphatic heterocycles. The second-order valence-electron chi connectivity index (χ2n) is 8.30. The molecular weight excluding hydrogens is 407 g/mol. The molecule has 1 aliphatic rings. The minimum absolute atomic E-state index is 0.0926. The molecular formula is C25H29FN4O2. The van der Waals surface area contributed by atoms with Crippen molar-refractivity contribution in [1.82, 2.24) is 19.6 Å². The first kappa shape index (κ1) is 22.0. The van der Waals surface area contributed by atoms with Crippen LogP contribution in [-0.2, 0) is 17.9 Å². The van der Waals surface area contributed by atoms with E-state index in [-0.39, 0.29) is 17.8 Å². The van der Waals surface area contributed by atoms with Crippen LogP contribution in [0.2, 0.25) is 0 Å². The lowest BCUT2D eigenvalue weighted by Crippen LogP contribution is -2.33. The molecule has 32 heavy (non-hydrogen) atoms. The lowest BCUT2D eigenvalue weighted by atomic mass is 10.1. The van der Waals surface area contributed by atoms with Gasteiger partial charge in [-0.1, -0.05) is 24.3 Å². The zero-order valence-electron chi connectivity index (χ0n) is 18.6. The topological polar surface area (TPSA) is 50.6 Å². The Hall–Kier alpha value is -3.19. The number of amides is 1. The number of likely N-dealkylation sites (tertiary alicyclic amines) is 1. The molecule has 0 bridgehead atoms. The number of ether oxygens (including phenoxy) is 1. The Morgan fingerprint density at radius 2 is 2.03 bits per heavy atom. The summed E-state index contributed by atoms with van der Waals surface area (Å²) in [7, 11) is 3.74. The summed E-state index contributed by atoms with van der Waals surface area (Å²) < 4.78 is 21.2. The number of methoxy groups -OCH3 is 1. The Balaban J connectivity index is 1.37. The summed E-state index contributed by atoms with van der Waals surface area (Å²) in [5, 5.41) is 4.49. The number of benzene rings is 2. The van der Waals surface area contributed by atoms with Crippen molar-refractivity contribution in [2.75, 3.05) is 20.7 Å². The van der Waals surface area contributed by atoms with Crippen molar-refractivity contribution in [3.05, 3.63) is 77.9 Å². The third kappa shape index (κ3) is 5.16. The van der Waals surface area contributed by atoms with Gasteiger partial charge in [-0.3, -0.25) is 9.69 Å². The van der Waals surface area contributed by atoms with Gasteiger partial charge in [0.15, 0.2) is 0 Å². The molecule has 6 nitrogen and oxygen atoms in total. The van der Waals surface area contributed by atoms with E-state index in [0.717, 1.165) is 36.4 Å². The molecule has 1 aromatic heterocycles. The van der Waals surface area contributed by atoms with Crippen molar-refractivity contribution in [2.24, 2.45) is 0 Å². The molecule has 1 amide bonds. The first-order valence-corrected chi connectivity index (χ1v) is 10.9. The van der Waals surface area contributed by atoms with E-state index >= 15 is 0 Å². The van der Waals surface area contributed by atoms with Gasteiger partial charge in [0.25, 0.3) is 0 Å². The molecule has 0 aliphatic carbocycles. The van der Waals surface area contributed by atoms with Crippen molar-refractivity contribution < 1.29 is 13.9 Å². The fourth-order valence-corrected chi connectivity index (χ4v) is 4.22. The van der Waals surface area contributed by atoms with Crippen LogP contribution < -0.4 is 4.74 Å². The molecule has 0 N–H and O–H groups in total. The number of carbonyl (C=O) groups is 1. The fraction of sp³-hybridized carbons (Fsp3) is 0.360. The molecule has 0 radical (unpaired) electrons. The van der Waals surface area contributed by atoms with Crippen LogP contribution in [0.1, 0.15) is 30.4 Å². The van der Waals surface area contributed by atoms with E-state index in [2.05, 4.69) is 17.0 Å². The number of carbonyl (C=O) groups excluding carboxylic acids is 1. The summed E-state index contributed by atoms with van der Waals surface area (Å²) in [5.74, 6) is 0.626. The highest BCUT2D eigenvalue weighted by Crippen LogP contribution is 2.22. The largest absolute Gasteiger partial charge is 0.497 e. The van der Waals surface area contributed by atoms with E-state index in [1.165, 1.54) is 6.07 Å². The Kier molecular flexibility index (Phi) is 6.85. The highest BCUT2D eigenvalue weighted by molar-refractivity contribution is 5.76. The second-order valence-corrected chi connectivity index (χ2v) is 8.30. The highest BCUT2D eigenvalue weighted by atomic mass is 19.1. The Labute approximate surface area is 188 Å². The van der Waals surface area contributed by atoms with Gasteiger partial charge < -0.3 is 9.64 Å². The first-order valence-electron chi connectivity index (χ1n) is 10.9. The quantitative estimate of drug-likeness (QED) is 0.561. The molecule has 2 heterocycles. The third-order valence-corrected chi connectivity index (χ3v) is 6.10. The van der Waals surface area contributed by atoms with Crippen molar-refractivity contribution >= 4 is 5.91 Å². The third-order valence-electron chi connectivity index (χ3n) is 6.10. The van der Waals surface area contributed by atoms with Gasteiger partial charge in [-0.15, -0.1) is 0 Å². The van der Waals surface area contributed by atoms with Crippen molar-refractivity contribution in [3.8, 4) is 11.4 Å². The van der Waals surface area contributed by atoms with Gasteiger partial charge in [-0.2, -0.15) is 5.10 Å². The SMILES string of the molecule is COc1cccc(-n2cc(CN(C)C3CCC(=O)N(Cc4ccccc4F)CC3)cn2)c1. The second kappa shape index (κ2) is 9.96. The molecule has 4 rings (SSSR count). The van der Waals surface area contributed by atoms with Crippen LogP contribution in [0.25, 0.3) is 5.69 Å². The molecule has 1 unspecified atom stereocenters. The van der Waals surface area contributed by atoms with Crippen LogP contribution in [-0.4, -0.2) is 52.2 Å². The summed E-state index contributed by atoms with van der Waals surface area (Å²) in [5.41, 5.74) is 2.62. The van der Waals surface area contributed by atoms with Gasteiger partial charge in [0, 0.05) is 55.5 Å². The zero-order chi connectivity index (χ0) is 22.5. The van der Waals surface area contributed by atoms with Gasteiger partial charge >= 0.3 is 0 Å². The van der Waals surface area contributed by atoms with E-state index in [9.17, 15) is 9.18 Å². The van der Waals surface area contributed by atoms with Gasteiger partial charge in [-0.25, -0.2) is 9.07 Å². The number of hydrogen-bond donors (Lipinski definition) is 0. The van der Waals surface area contributed by atoms with E-state index in [0.29, 0.717) is 25.1 Å². The molecule has 1 saturated heterocycles. The Morgan fingerprint density at radius 1 is 1.19 bits per heavy atom. The van der Waals surface area contributed by atoms with Crippen molar-refractivity contribution in [3.63, 3.8) is 0 Å². The van der Waals surface area contributed by atoms with Crippen molar-refractivity contribution in [1.29, 1.82) is 0 Å². The van der Waals surface area contributed by atoms with E-state index < -0.39 is 0 Å². The first-order chi connectivity index (χ1) is 15.5. The van der Waals surface area contributed by atoms with Crippen molar-refractivity contribution in [2.45, 2.75) is 38.4 Å². The summed E-state index contributed by atoms with van der Waals surface area (Å²) >= 11 is 0. The number of halogens is 1. The monoisotopic (exact) mass is 436 g/mol. The molecule has 3 aromatic rings. The zero-order valence-corrected chi connectivity index (χ0v) is 18.6. The molecule has 2 aromatic carbocycles.